The predicted molar refractivity (Wildman–Crippen MR) is 57.1 cm³/mol. The summed E-state index contributed by atoms with van der Waals surface area (Å²) in [7, 11) is 0. The van der Waals surface area contributed by atoms with Crippen LogP contribution in [-0.4, -0.2) is 10.9 Å². The van der Waals surface area contributed by atoms with Crippen molar-refractivity contribution < 1.29 is 4.79 Å². The molecule has 0 unspecified atom stereocenters. The summed E-state index contributed by atoms with van der Waals surface area (Å²) in [6, 6.07) is 1.88. The Bertz CT molecular complexity index is 321. The maximum absolute atomic E-state index is 11.4. The Morgan fingerprint density at radius 1 is 1.57 bits per heavy atom. The quantitative estimate of drug-likeness (QED) is 0.798. The summed E-state index contributed by atoms with van der Waals surface area (Å²) in [6.07, 6.45) is 3.94. The summed E-state index contributed by atoms with van der Waals surface area (Å²) >= 11 is 0. The zero-order valence-corrected chi connectivity index (χ0v) is 8.87. The lowest BCUT2D eigenvalue weighted by Crippen LogP contribution is -2.14. The Morgan fingerprint density at radius 2 is 2.29 bits per heavy atom. The molecule has 1 aromatic rings. The molecule has 0 aromatic carbocycles. The molecule has 1 aromatic heterocycles. The molecule has 0 fully saturated rings. The van der Waals surface area contributed by atoms with Gasteiger partial charge in [-0.2, -0.15) is 0 Å². The van der Waals surface area contributed by atoms with E-state index in [4.69, 9.17) is 0 Å². The number of carbonyl (C=O) groups excluding carboxylic acids is 1. The van der Waals surface area contributed by atoms with Crippen molar-refractivity contribution in [3.05, 3.63) is 24.0 Å². The Hall–Kier alpha value is -1.38. The number of nitrogens with zero attached hydrogens (tertiary/aromatic N) is 1. The van der Waals surface area contributed by atoms with Gasteiger partial charge in [-0.15, -0.1) is 0 Å². The third-order valence-corrected chi connectivity index (χ3v) is 1.91. The Morgan fingerprint density at radius 3 is 2.86 bits per heavy atom. The number of hydrogen-bond donors (Lipinski definition) is 1. The third-order valence-electron chi connectivity index (χ3n) is 1.91. The monoisotopic (exact) mass is 192 g/mol. The van der Waals surface area contributed by atoms with Crippen molar-refractivity contribution in [2.24, 2.45) is 5.92 Å². The van der Waals surface area contributed by atoms with Crippen LogP contribution >= 0.6 is 0 Å². The predicted octanol–water partition coefficient (Wildman–Crippen LogP) is 2.37. The van der Waals surface area contributed by atoms with Crippen LogP contribution in [0.15, 0.2) is 18.5 Å². The van der Waals surface area contributed by atoms with Gasteiger partial charge in [0, 0.05) is 12.6 Å². The van der Waals surface area contributed by atoms with Crippen LogP contribution in [0.3, 0.4) is 0 Å². The molecule has 0 aliphatic carbocycles. The van der Waals surface area contributed by atoms with Crippen LogP contribution in [-0.2, 0) is 4.79 Å². The Labute approximate surface area is 84.6 Å². The molecule has 1 rings (SSSR count). The van der Waals surface area contributed by atoms with Crippen molar-refractivity contribution in [3.8, 4) is 0 Å². The molecular formula is C11H16N2O. The highest BCUT2D eigenvalue weighted by molar-refractivity contribution is 5.91. The molecule has 0 spiro atoms. The van der Waals surface area contributed by atoms with Crippen LogP contribution in [0.25, 0.3) is 0 Å². The average molecular weight is 192 g/mol. The van der Waals surface area contributed by atoms with Gasteiger partial charge in [0.05, 0.1) is 11.9 Å². The maximum Gasteiger partial charge on any atom is 0.224 e. The Kier molecular flexibility index (Phi) is 3.63. The van der Waals surface area contributed by atoms with Crippen molar-refractivity contribution >= 4 is 11.6 Å². The summed E-state index contributed by atoms with van der Waals surface area (Å²) in [5.41, 5.74) is 1.84. The topological polar surface area (TPSA) is 42.0 Å². The number of anilines is 1. The second-order valence-electron chi connectivity index (χ2n) is 3.84. The van der Waals surface area contributed by atoms with Crippen molar-refractivity contribution in [3.63, 3.8) is 0 Å². The van der Waals surface area contributed by atoms with E-state index in [0.29, 0.717) is 12.3 Å². The molecular weight excluding hydrogens is 176 g/mol. The minimum atomic E-state index is 0.0519. The molecule has 1 N–H and O–H groups in total. The van der Waals surface area contributed by atoms with E-state index < -0.39 is 0 Å². The zero-order chi connectivity index (χ0) is 10.6. The first kappa shape index (κ1) is 10.7. The first-order chi connectivity index (χ1) is 6.59. The van der Waals surface area contributed by atoms with E-state index in [0.717, 1.165) is 11.3 Å². The van der Waals surface area contributed by atoms with Crippen LogP contribution in [0, 0.1) is 12.8 Å². The molecule has 14 heavy (non-hydrogen) atoms. The van der Waals surface area contributed by atoms with Crippen molar-refractivity contribution in [2.45, 2.75) is 27.2 Å². The van der Waals surface area contributed by atoms with Gasteiger partial charge in [-0.25, -0.2) is 0 Å². The number of rotatable bonds is 3. The van der Waals surface area contributed by atoms with Gasteiger partial charge < -0.3 is 5.32 Å². The van der Waals surface area contributed by atoms with Gasteiger partial charge in [0.25, 0.3) is 0 Å². The van der Waals surface area contributed by atoms with Crippen LogP contribution in [0.1, 0.15) is 25.8 Å². The molecule has 3 heteroatoms. The van der Waals surface area contributed by atoms with E-state index in [1.165, 1.54) is 0 Å². The first-order valence-electron chi connectivity index (χ1n) is 4.80. The molecule has 76 valence electrons. The smallest absolute Gasteiger partial charge is 0.224 e. The number of pyridine rings is 1. The van der Waals surface area contributed by atoms with Gasteiger partial charge in [-0.3, -0.25) is 9.78 Å². The minimum Gasteiger partial charge on any atom is -0.325 e. The van der Waals surface area contributed by atoms with Gasteiger partial charge in [-0.1, -0.05) is 13.8 Å². The maximum atomic E-state index is 11.4. The van der Waals surface area contributed by atoms with Crippen molar-refractivity contribution in [2.75, 3.05) is 5.32 Å². The molecule has 0 saturated carbocycles. The van der Waals surface area contributed by atoms with E-state index in [9.17, 15) is 4.79 Å². The number of hydrogen-bond acceptors (Lipinski definition) is 2. The summed E-state index contributed by atoms with van der Waals surface area (Å²) in [5.74, 6) is 0.433. The van der Waals surface area contributed by atoms with Gasteiger partial charge >= 0.3 is 0 Å². The van der Waals surface area contributed by atoms with E-state index in [-0.39, 0.29) is 5.91 Å². The zero-order valence-electron chi connectivity index (χ0n) is 8.87. The molecule has 0 aliphatic rings. The molecule has 0 bridgehead atoms. The van der Waals surface area contributed by atoms with Gasteiger partial charge in [-0.05, 0) is 24.5 Å². The van der Waals surface area contributed by atoms with Crippen LogP contribution in [0.2, 0.25) is 0 Å². The Balaban J connectivity index is 2.61. The molecule has 0 atom stereocenters. The number of aromatic nitrogens is 1. The number of aryl methyl sites for hydroxylation is 1. The third kappa shape index (κ3) is 3.17. The minimum absolute atomic E-state index is 0.0519. The molecule has 0 radical (unpaired) electrons. The van der Waals surface area contributed by atoms with E-state index in [1.54, 1.807) is 12.4 Å². The largest absolute Gasteiger partial charge is 0.325 e. The van der Waals surface area contributed by atoms with Gasteiger partial charge in [0.15, 0.2) is 0 Å². The first-order valence-corrected chi connectivity index (χ1v) is 4.80. The average Bonchev–Trinajstić information content (AvgIpc) is 2.07. The fraction of sp³-hybridized carbons (Fsp3) is 0.455. The summed E-state index contributed by atoms with van der Waals surface area (Å²) in [4.78, 5) is 15.4. The number of carbonyl (C=O) groups is 1. The molecule has 1 heterocycles. The van der Waals surface area contributed by atoms with E-state index >= 15 is 0 Å². The van der Waals surface area contributed by atoms with E-state index in [2.05, 4.69) is 10.3 Å². The summed E-state index contributed by atoms with van der Waals surface area (Å²) < 4.78 is 0. The highest BCUT2D eigenvalue weighted by Crippen LogP contribution is 2.12. The second kappa shape index (κ2) is 4.74. The van der Waals surface area contributed by atoms with Crippen LogP contribution in [0.4, 0.5) is 5.69 Å². The fourth-order valence-electron chi connectivity index (χ4n) is 1.17. The number of amides is 1. The lowest BCUT2D eigenvalue weighted by molar-refractivity contribution is -0.116. The van der Waals surface area contributed by atoms with E-state index in [1.807, 2.05) is 26.8 Å². The molecule has 1 amide bonds. The molecule has 3 nitrogen and oxygen atoms in total. The van der Waals surface area contributed by atoms with Gasteiger partial charge in [0.2, 0.25) is 5.91 Å². The molecule has 0 saturated heterocycles. The van der Waals surface area contributed by atoms with Crippen LogP contribution < -0.4 is 5.32 Å². The van der Waals surface area contributed by atoms with Gasteiger partial charge in [0.1, 0.15) is 0 Å². The summed E-state index contributed by atoms with van der Waals surface area (Å²) in [5, 5.41) is 2.84. The van der Waals surface area contributed by atoms with Crippen molar-refractivity contribution in [1.82, 2.24) is 4.98 Å². The standard InChI is InChI=1S/C11H16N2O/c1-8(2)6-11(14)13-10-7-12-5-4-9(10)3/h4-5,7-8H,6H2,1-3H3,(H,13,14). The second-order valence-corrected chi connectivity index (χ2v) is 3.84. The van der Waals surface area contributed by atoms with Crippen LogP contribution in [0.5, 0.6) is 0 Å². The summed E-state index contributed by atoms with van der Waals surface area (Å²) in [6.45, 7) is 6.00. The SMILES string of the molecule is Cc1ccncc1NC(=O)CC(C)C. The fourth-order valence-corrected chi connectivity index (χ4v) is 1.17. The highest BCUT2D eigenvalue weighted by atomic mass is 16.1. The van der Waals surface area contributed by atoms with Crippen molar-refractivity contribution in [1.29, 1.82) is 0 Å². The lowest BCUT2D eigenvalue weighted by atomic mass is 10.1. The lowest BCUT2D eigenvalue weighted by Gasteiger charge is -2.08. The molecule has 0 aliphatic heterocycles. The number of nitrogens with one attached hydrogen (secondary N) is 1. The normalized spacial score (nSPS) is 10.3. The highest BCUT2D eigenvalue weighted by Gasteiger charge is 2.06.